The number of amides is 1. The van der Waals surface area contributed by atoms with Gasteiger partial charge in [0.15, 0.2) is 0 Å². The van der Waals surface area contributed by atoms with Gasteiger partial charge in [0.1, 0.15) is 6.10 Å². The number of pyridine rings is 1. The summed E-state index contributed by atoms with van der Waals surface area (Å²) >= 11 is 12.0. The molecule has 6 heteroatoms. The van der Waals surface area contributed by atoms with Crippen LogP contribution in [0.5, 0.6) is 5.88 Å². The van der Waals surface area contributed by atoms with Gasteiger partial charge in [0.25, 0.3) is 5.91 Å². The third-order valence-corrected chi connectivity index (χ3v) is 4.08. The van der Waals surface area contributed by atoms with Crippen LogP contribution in [0.2, 0.25) is 10.0 Å². The van der Waals surface area contributed by atoms with Crippen LogP contribution < -0.4 is 4.74 Å². The van der Waals surface area contributed by atoms with E-state index in [1.807, 2.05) is 12.1 Å². The molecule has 1 fully saturated rings. The molecule has 1 amide bonds. The lowest BCUT2D eigenvalue weighted by molar-refractivity contribution is 0.0771. The first-order chi connectivity index (χ1) is 10.6. The second kappa shape index (κ2) is 6.55. The molecular formula is C16H14Cl2N2O2. The van der Waals surface area contributed by atoms with E-state index in [2.05, 4.69) is 4.98 Å². The summed E-state index contributed by atoms with van der Waals surface area (Å²) in [5.41, 5.74) is 0.424. The van der Waals surface area contributed by atoms with Gasteiger partial charge in [0, 0.05) is 30.3 Å². The third kappa shape index (κ3) is 3.34. The molecule has 1 atom stereocenters. The van der Waals surface area contributed by atoms with Crippen LogP contribution in [0.3, 0.4) is 0 Å². The van der Waals surface area contributed by atoms with E-state index in [1.54, 1.807) is 35.4 Å². The van der Waals surface area contributed by atoms with Gasteiger partial charge in [-0.3, -0.25) is 4.79 Å². The SMILES string of the molecule is O=C(c1cc(Cl)ccc1Cl)N1CCC(Oc2ccccn2)C1. The molecule has 2 aromatic rings. The molecule has 4 nitrogen and oxygen atoms in total. The Morgan fingerprint density at radius 1 is 1.27 bits per heavy atom. The Morgan fingerprint density at radius 2 is 2.14 bits per heavy atom. The number of rotatable bonds is 3. The van der Waals surface area contributed by atoms with Gasteiger partial charge in [-0.2, -0.15) is 0 Å². The van der Waals surface area contributed by atoms with E-state index >= 15 is 0 Å². The average Bonchev–Trinajstić information content (AvgIpc) is 2.98. The lowest BCUT2D eigenvalue weighted by Gasteiger charge is -2.17. The molecular weight excluding hydrogens is 323 g/mol. The quantitative estimate of drug-likeness (QED) is 0.858. The molecule has 0 radical (unpaired) electrons. The maximum atomic E-state index is 12.5. The summed E-state index contributed by atoms with van der Waals surface area (Å²) in [6.45, 7) is 1.14. The van der Waals surface area contributed by atoms with E-state index < -0.39 is 0 Å². The first-order valence-electron chi connectivity index (χ1n) is 6.95. The standard InChI is InChI=1S/C16H14Cl2N2O2/c17-11-4-5-14(18)13(9-11)16(21)20-8-6-12(10-20)22-15-3-1-2-7-19-15/h1-5,7,9,12H,6,8,10H2. The zero-order valence-corrected chi connectivity index (χ0v) is 13.2. The molecule has 0 spiro atoms. The Kier molecular flexibility index (Phi) is 4.50. The van der Waals surface area contributed by atoms with Gasteiger partial charge in [-0.15, -0.1) is 0 Å². The van der Waals surface area contributed by atoms with Gasteiger partial charge in [0.05, 0.1) is 17.1 Å². The van der Waals surface area contributed by atoms with Crippen molar-refractivity contribution in [1.82, 2.24) is 9.88 Å². The zero-order valence-electron chi connectivity index (χ0n) is 11.7. The lowest BCUT2D eigenvalue weighted by atomic mass is 10.2. The topological polar surface area (TPSA) is 42.4 Å². The molecule has 0 N–H and O–H groups in total. The molecule has 22 heavy (non-hydrogen) atoms. The third-order valence-electron chi connectivity index (χ3n) is 3.52. The van der Waals surface area contributed by atoms with Crippen molar-refractivity contribution in [2.24, 2.45) is 0 Å². The van der Waals surface area contributed by atoms with Gasteiger partial charge in [0.2, 0.25) is 5.88 Å². The number of hydrogen-bond donors (Lipinski definition) is 0. The van der Waals surface area contributed by atoms with Crippen molar-refractivity contribution >= 4 is 29.1 Å². The normalized spacial score (nSPS) is 17.5. The summed E-state index contributed by atoms with van der Waals surface area (Å²) in [6, 6.07) is 10.4. The minimum absolute atomic E-state index is 0.0585. The predicted molar refractivity (Wildman–Crippen MR) is 85.6 cm³/mol. The highest BCUT2D eigenvalue weighted by atomic mass is 35.5. The van der Waals surface area contributed by atoms with Crippen molar-refractivity contribution in [3.8, 4) is 5.88 Å². The number of ether oxygens (including phenoxy) is 1. The van der Waals surface area contributed by atoms with Crippen molar-refractivity contribution in [1.29, 1.82) is 0 Å². The molecule has 1 aromatic carbocycles. The van der Waals surface area contributed by atoms with Crippen LogP contribution in [-0.4, -0.2) is 35.0 Å². The van der Waals surface area contributed by atoms with Crippen LogP contribution in [0.25, 0.3) is 0 Å². The lowest BCUT2D eigenvalue weighted by Crippen LogP contribution is -2.31. The fraction of sp³-hybridized carbons (Fsp3) is 0.250. The van der Waals surface area contributed by atoms with Crippen LogP contribution in [0, 0.1) is 0 Å². The van der Waals surface area contributed by atoms with Crippen LogP contribution in [0.15, 0.2) is 42.6 Å². The Labute approximate surface area is 138 Å². The molecule has 2 heterocycles. The van der Waals surface area contributed by atoms with Crippen LogP contribution in [0.1, 0.15) is 16.8 Å². The fourth-order valence-corrected chi connectivity index (χ4v) is 2.80. The number of hydrogen-bond acceptors (Lipinski definition) is 3. The van der Waals surface area contributed by atoms with Gasteiger partial charge in [-0.1, -0.05) is 29.3 Å². The average molecular weight is 337 g/mol. The van der Waals surface area contributed by atoms with Gasteiger partial charge in [-0.05, 0) is 24.3 Å². The number of halogens is 2. The first-order valence-corrected chi connectivity index (χ1v) is 7.71. The number of carbonyl (C=O) groups is 1. The summed E-state index contributed by atoms with van der Waals surface area (Å²) in [4.78, 5) is 18.4. The number of carbonyl (C=O) groups excluding carboxylic acids is 1. The Morgan fingerprint density at radius 3 is 2.91 bits per heavy atom. The van der Waals surface area contributed by atoms with Crippen molar-refractivity contribution in [3.63, 3.8) is 0 Å². The monoisotopic (exact) mass is 336 g/mol. The molecule has 1 aliphatic heterocycles. The molecule has 0 saturated carbocycles. The Balaban J connectivity index is 1.67. The fourth-order valence-electron chi connectivity index (χ4n) is 2.43. The Bertz CT molecular complexity index is 679. The number of benzene rings is 1. The second-order valence-electron chi connectivity index (χ2n) is 5.07. The van der Waals surface area contributed by atoms with Crippen molar-refractivity contribution in [3.05, 3.63) is 58.2 Å². The number of likely N-dealkylation sites (tertiary alicyclic amines) is 1. The summed E-state index contributed by atoms with van der Waals surface area (Å²) in [5, 5.41) is 0.900. The van der Waals surface area contributed by atoms with Crippen molar-refractivity contribution in [2.45, 2.75) is 12.5 Å². The summed E-state index contributed by atoms with van der Waals surface area (Å²) in [7, 11) is 0. The molecule has 1 aliphatic rings. The highest BCUT2D eigenvalue weighted by Crippen LogP contribution is 2.24. The van der Waals surface area contributed by atoms with E-state index in [9.17, 15) is 4.79 Å². The highest BCUT2D eigenvalue weighted by Gasteiger charge is 2.29. The maximum absolute atomic E-state index is 12.5. The van der Waals surface area contributed by atoms with E-state index in [0.29, 0.717) is 34.6 Å². The molecule has 3 rings (SSSR count). The van der Waals surface area contributed by atoms with Crippen LogP contribution >= 0.6 is 23.2 Å². The highest BCUT2D eigenvalue weighted by molar-refractivity contribution is 6.35. The van der Waals surface area contributed by atoms with Crippen LogP contribution in [-0.2, 0) is 0 Å². The smallest absolute Gasteiger partial charge is 0.255 e. The number of aromatic nitrogens is 1. The second-order valence-corrected chi connectivity index (χ2v) is 5.92. The zero-order chi connectivity index (χ0) is 15.5. The minimum atomic E-state index is -0.125. The summed E-state index contributed by atoms with van der Waals surface area (Å²) in [6.07, 6.45) is 2.39. The maximum Gasteiger partial charge on any atom is 0.255 e. The van der Waals surface area contributed by atoms with E-state index in [1.165, 1.54) is 0 Å². The van der Waals surface area contributed by atoms with Crippen LogP contribution in [0.4, 0.5) is 0 Å². The molecule has 0 aliphatic carbocycles. The molecule has 1 aromatic heterocycles. The van der Waals surface area contributed by atoms with Gasteiger partial charge < -0.3 is 9.64 Å². The summed E-state index contributed by atoms with van der Waals surface area (Å²) in [5.74, 6) is 0.446. The van der Waals surface area contributed by atoms with Crippen molar-refractivity contribution in [2.75, 3.05) is 13.1 Å². The van der Waals surface area contributed by atoms with Gasteiger partial charge >= 0.3 is 0 Å². The molecule has 1 saturated heterocycles. The van der Waals surface area contributed by atoms with E-state index in [0.717, 1.165) is 6.42 Å². The van der Waals surface area contributed by atoms with E-state index in [-0.39, 0.29) is 12.0 Å². The molecule has 1 unspecified atom stereocenters. The molecule has 114 valence electrons. The largest absolute Gasteiger partial charge is 0.472 e. The number of nitrogens with zero attached hydrogens (tertiary/aromatic N) is 2. The van der Waals surface area contributed by atoms with Gasteiger partial charge in [-0.25, -0.2) is 4.98 Å². The summed E-state index contributed by atoms with van der Waals surface area (Å²) < 4.78 is 5.78. The van der Waals surface area contributed by atoms with Crippen molar-refractivity contribution < 1.29 is 9.53 Å². The van der Waals surface area contributed by atoms with E-state index in [4.69, 9.17) is 27.9 Å². The first kappa shape index (κ1) is 15.1. The Hall–Kier alpha value is -1.78. The molecule has 0 bridgehead atoms. The minimum Gasteiger partial charge on any atom is -0.472 e. The predicted octanol–water partition coefficient (Wildman–Crippen LogP) is 3.68.